The zero-order chi connectivity index (χ0) is 14.8. The highest BCUT2D eigenvalue weighted by Crippen LogP contribution is 2.36. The molecule has 0 radical (unpaired) electrons. The highest BCUT2D eigenvalue weighted by molar-refractivity contribution is 8.19. The average Bonchev–Trinajstić information content (AvgIpc) is 2.40. The summed E-state index contributed by atoms with van der Waals surface area (Å²) in [7, 11) is -3.41. The van der Waals surface area contributed by atoms with Crippen molar-refractivity contribution in [2.75, 3.05) is 13.1 Å². The number of sulfonamides is 1. The Morgan fingerprint density at radius 2 is 2.05 bits per heavy atom. The molecule has 4 nitrogen and oxygen atoms in total. The first-order valence-electron chi connectivity index (χ1n) is 6.87. The fraction of sp³-hybridized carbons (Fsp3) is 0.500. The second-order valence-electron chi connectivity index (χ2n) is 4.76. The maximum atomic E-state index is 12.6. The second-order valence-corrected chi connectivity index (χ2v) is 7.83. The van der Waals surface area contributed by atoms with Crippen LogP contribution in [0.15, 0.2) is 28.1 Å². The van der Waals surface area contributed by atoms with Gasteiger partial charge in [0.1, 0.15) is 5.04 Å². The number of aryl methyl sites for hydroxylation is 1. The highest BCUT2D eigenvalue weighted by Gasteiger charge is 2.35. The lowest BCUT2D eigenvalue weighted by molar-refractivity contribution is 0.532. The van der Waals surface area contributed by atoms with Gasteiger partial charge in [-0.1, -0.05) is 25.0 Å². The number of aliphatic imine (C=N–C) groups is 1. The van der Waals surface area contributed by atoms with Crippen molar-refractivity contribution in [2.24, 2.45) is 4.99 Å². The van der Waals surface area contributed by atoms with E-state index in [4.69, 9.17) is 0 Å². The minimum Gasteiger partial charge on any atom is -0.277 e. The predicted octanol–water partition coefficient (Wildman–Crippen LogP) is 3.21. The van der Waals surface area contributed by atoms with Crippen molar-refractivity contribution in [3.05, 3.63) is 29.3 Å². The highest BCUT2D eigenvalue weighted by atomic mass is 32.3. The van der Waals surface area contributed by atoms with E-state index in [9.17, 15) is 8.42 Å². The number of unbranched alkanes of at least 4 members (excludes halogenated alkanes) is 1. The van der Waals surface area contributed by atoms with Crippen LogP contribution in [0.4, 0.5) is 0 Å². The molecule has 0 aliphatic carbocycles. The third kappa shape index (κ3) is 2.92. The molecule has 2 rings (SSSR count). The summed E-state index contributed by atoms with van der Waals surface area (Å²) < 4.78 is 26.7. The summed E-state index contributed by atoms with van der Waals surface area (Å²) >= 11 is 1.25. The van der Waals surface area contributed by atoms with Gasteiger partial charge in [-0.25, -0.2) is 8.42 Å². The molecule has 1 aliphatic rings. The van der Waals surface area contributed by atoms with Crippen LogP contribution in [-0.4, -0.2) is 30.3 Å². The van der Waals surface area contributed by atoms with Gasteiger partial charge >= 0.3 is 0 Å². The first kappa shape index (κ1) is 15.5. The fourth-order valence-electron chi connectivity index (χ4n) is 2.05. The van der Waals surface area contributed by atoms with E-state index in [1.807, 2.05) is 26.0 Å². The van der Waals surface area contributed by atoms with Crippen LogP contribution in [0.3, 0.4) is 0 Å². The molecule has 0 unspecified atom stereocenters. The van der Waals surface area contributed by atoms with Crippen molar-refractivity contribution in [1.29, 1.82) is 0 Å². The lowest BCUT2D eigenvalue weighted by Gasteiger charge is -2.28. The van der Waals surface area contributed by atoms with E-state index >= 15 is 0 Å². The van der Waals surface area contributed by atoms with E-state index in [1.165, 1.54) is 15.7 Å². The van der Waals surface area contributed by atoms with E-state index in [0.29, 0.717) is 18.0 Å². The maximum Gasteiger partial charge on any atom is 0.253 e. The molecule has 6 heteroatoms. The third-order valence-electron chi connectivity index (χ3n) is 3.10. The zero-order valence-corrected chi connectivity index (χ0v) is 13.7. The van der Waals surface area contributed by atoms with Crippen LogP contribution in [0.5, 0.6) is 0 Å². The summed E-state index contributed by atoms with van der Waals surface area (Å²) in [4.78, 5) is 4.84. The normalized spacial score (nSPS) is 20.1. The molecule has 0 atom stereocenters. The second kappa shape index (κ2) is 6.28. The standard InChI is InChI=1S/C14H20N2O2S2/c1-4-6-9-16-19-14(15-5-2)12-10-11(3)7-8-13(12)20(16,17)18/h7-8,10H,4-6,9H2,1-3H3. The SMILES string of the molecule is CCCCN1SC(=NCC)c2cc(C)ccc2S1(=O)=O. The number of benzene rings is 1. The lowest BCUT2D eigenvalue weighted by atomic mass is 10.1. The van der Waals surface area contributed by atoms with Gasteiger partial charge in [0.05, 0.1) is 4.90 Å². The van der Waals surface area contributed by atoms with Gasteiger partial charge in [0, 0.05) is 18.7 Å². The third-order valence-corrected chi connectivity index (χ3v) is 6.45. The summed E-state index contributed by atoms with van der Waals surface area (Å²) in [5.41, 5.74) is 1.79. The van der Waals surface area contributed by atoms with E-state index in [1.54, 1.807) is 6.07 Å². The van der Waals surface area contributed by atoms with Gasteiger partial charge < -0.3 is 0 Å². The van der Waals surface area contributed by atoms with Gasteiger partial charge in [-0.2, -0.15) is 0 Å². The molecular weight excluding hydrogens is 292 g/mol. The van der Waals surface area contributed by atoms with Crippen LogP contribution in [0.1, 0.15) is 37.8 Å². The molecular formula is C14H20N2O2S2. The van der Waals surface area contributed by atoms with Crippen molar-refractivity contribution in [3.8, 4) is 0 Å². The Morgan fingerprint density at radius 3 is 2.70 bits per heavy atom. The van der Waals surface area contributed by atoms with Crippen molar-refractivity contribution in [2.45, 2.75) is 38.5 Å². The molecule has 1 heterocycles. The summed E-state index contributed by atoms with van der Waals surface area (Å²) in [5.74, 6) is 0. The van der Waals surface area contributed by atoms with Crippen LogP contribution in [0, 0.1) is 6.92 Å². The van der Waals surface area contributed by atoms with E-state index in [0.717, 1.165) is 29.0 Å². The molecule has 0 aromatic heterocycles. The van der Waals surface area contributed by atoms with Gasteiger partial charge in [0.2, 0.25) is 0 Å². The van der Waals surface area contributed by atoms with Crippen LogP contribution in [0.2, 0.25) is 0 Å². The molecule has 1 aromatic carbocycles. The minimum atomic E-state index is -3.41. The summed E-state index contributed by atoms with van der Waals surface area (Å²) in [6.45, 7) is 7.16. The van der Waals surface area contributed by atoms with E-state index in [2.05, 4.69) is 11.9 Å². The Balaban J connectivity index is 2.53. The van der Waals surface area contributed by atoms with Gasteiger partial charge in [-0.05, 0) is 44.3 Å². The molecule has 1 aliphatic heterocycles. The topological polar surface area (TPSA) is 49.7 Å². The van der Waals surface area contributed by atoms with E-state index < -0.39 is 10.0 Å². The minimum absolute atomic E-state index is 0.380. The first-order chi connectivity index (χ1) is 9.50. The molecule has 0 saturated carbocycles. The monoisotopic (exact) mass is 312 g/mol. The van der Waals surface area contributed by atoms with Crippen LogP contribution < -0.4 is 0 Å². The predicted molar refractivity (Wildman–Crippen MR) is 84.6 cm³/mol. The molecule has 0 amide bonds. The molecule has 0 bridgehead atoms. The van der Waals surface area contributed by atoms with E-state index in [-0.39, 0.29) is 0 Å². The molecule has 0 saturated heterocycles. The fourth-order valence-corrected chi connectivity index (χ4v) is 5.09. The maximum absolute atomic E-state index is 12.6. The summed E-state index contributed by atoms with van der Waals surface area (Å²) in [6.07, 6.45) is 1.82. The summed E-state index contributed by atoms with van der Waals surface area (Å²) in [6, 6.07) is 5.45. The smallest absolute Gasteiger partial charge is 0.253 e. The van der Waals surface area contributed by atoms with Crippen molar-refractivity contribution < 1.29 is 8.42 Å². The number of rotatable bonds is 4. The molecule has 1 aromatic rings. The Labute approximate surface area is 125 Å². The van der Waals surface area contributed by atoms with Crippen LogP contribution in [-0.2, 0) is 10.0 Å². The van der Waals surface area contributed by atoms with Gasteiger partial charge in [-0.15, -0.1) is 3.71 Å². The number of nitrogens with zero attached hydrogens (tertiary/aromatic N) is 2. The quantitative estimate of drug-likeness (QED) is 0.802. The molecule has 0 spiro atoms. The molecule has 110 valence electrons. The average molecular weight is 312 g/mol. The molecule has 20 heavy (non-hydrogen) atoms. The number of hydrogen-bond donors (Lipinski definition) is 0. The van der Waals surface area contributed by atoms with Gasteiger partial charge in [-0.3, -0.25) is 4.99 Å². The first-order valence-corrected chi connectivity index (χ1v) is 9.08. The summed E-state index contributed by atoms with van der Waals surface area (Å²) in [5, 5.41) is 0.803. The van der Waals surface area contributed by atoms with Crippen LogP contribution in [0.25, 0.3) is 0 Å². The Kier molecular flexibility index (Phi) is 4.88. The van der Waals surface area contributed by atoms with Crippen molar-refractivity contribution in [3.63, 3.8) is 0 Å². The molecule has 0 N–H and O–H groups in total. The Hall–Kier alpha value is -0.850. The Bertz CT molecular complexity index is 624. The van der Waals surface area contributed by atoms with Crippen LogP contribution >= 0.6 is 11.9 Å². The largest absolute Gasteiger partial charge is 0.277 e. The number of hydrogen-bond acceptors (Lipinski definition) is 4. The van der Waals surface area contributed by atoms with Crippen molar-refractivity contribution in [1.82, 2.24) is 3.71 Å². The van der Waals surface area contributed by atoms with Crippen molar-refractivity contribution >= 4 is 27.0 Å². The van der Waals surface area contributed by atoms with Gasteiger partial charge in [0.15, 0.2) is 0 Å². The molecule has 0 fully saturated rings. The zero-order valence-electron chi connectivity index (χ0n) is 12.1. The lowest BCUT2D eigenvalue weighted by Crippen LogP contribution is -2.33. The van der Waals surface area contributed by atoms with Gasteiger partial charge in [0.25, 0.3) is 10.0 Å². The number of fused-ring (bicyclic) bond motifs is 1. The Morgan fingerprint density at radius 1 is 1.30 bits per heavy atom.